The molecule has 8 nitrogen and oxygen atoms in total. The number of hydrogen-bond acceptors (Lipinski definition) is 4. The lowest BCUT2D eigenvalue weighted by molar-refractivity contribution is 0.142. The lowest BCUT2D eigenvalue weighted by Crippen LogP contribution is -2.48. The van der Waals surface area contributed by atoms with Gasteiger partial charge in [0.1, 0.15) is 5.65 Å². The van der Waals surface area contributed by atoms with E-state index in [9.17, 15) is 4.79 Å². The van der Waals surface area contributed by atoms with Crippen molar-refractivity contribution < 1.29 is 9.90 Å². The van der Waals surface area contributed by atoms with Crippen LogP contribution in [0.1, 0.15) is 0 Å². The third kappa shape index (κ3) is 2.37. The zero-order valence-electron chi connectivity index (χ0n) is 12.4. The summed E-state index contributed by atoms with van der Waals surface area (Å²) in [6.07, 6.45) is 4.51. The zero-order valence-corrected chi connectivity index (χ0v) is 12.4. The molecule has 0 unspecified atom stereocenters. The molecular weight excluding hydrogens is 296 g/mol. The van der Waals surface area contributed by atoms with Crippen LogP contribution in [0.4, 0.5) is 10.5 Å². The SMILES string of the molecule is O=C(O)N1CCN(c2ccnc3[nH]c(-c4cn[nH]c4)cc23)CC1. The van der Waals surface area contributed by atoms with Crippen LogP contribution in [0.5, 0.6) is 0 Å². The average molecular weight is 312 g/mol. The van der Waals surface area contributed by atoms with Gasteiger partial charge in [-0.3, -0.25) is 5.10 Å². The maximum Gasteiger partial charge on any atom is 0.407 e. The van der Waals surface area contributed by atoms with Gasteiger partial charge in [-0.2, -0.15) is 5.10 Å². The van der Waals surface area contributed by atoms with Gasteiger partial charge in [0, 0.05) is 55.2 Å². The number of fused-ring (bicyclic) bond motifs is 1. The lowest BCUT2D eigenvalue weighted by atomic mass is 10.2. The minimum absolute atomic E-state index is 0.512. The molecule has 3 aromatic heterocycles. The summed E-state index contributed by atoms with van der Waals surface area (Å²) in [6, 6.07) is 4.04. The Morgan fingerprint density at radius 1 is 1.26 bits per heavy atom. The molecule has 0 bridgehead atoms. The lowest BCUT2D eigenvalue weighted by Gasteiger charge is -2.34. The van der Waals surface area contributed by atoms with Gasteiger partial charge in [0.05, 0.1) is 11.9 Å². The second-order valence-electron chi connectivity index (χ2n) is 5.52. The van der Waals surface area contributed by atoms with Crippen LogP contribution in [0.2, 0.25) is 0 Å². The predicted octanol–water partition coefficient (Wildman–Crippen LogP) is 1.75. The number of carbonyl (C=O) groups is 1. The average Bonchev–Trinajstić information content (AvgIpc) is 3.23. The van der Waals surface area contributed by atoms with E-state index in [-0.39, 0.29) is 0 Å². The van der Waals surface area contributed by atoms with E-state index in [0.29, 0.717) is 26.2 Å². The third-order valence-corrected chi connectivity index (χ3v) is 4.21. The van der Waals surface area contributed by atoms with Crippen molar-refractivity contribution in [3.8, 4) is 11.3 Å². The number of amides is 1. The normalized spacial score (nSPS) is 15.3. The van der Waals surface area contributed by atoms with E-state index in [0.717, 1.165) is 28.0 Å². The summed E-state index contributed by atoms with van der Waals surface area (Å²) in [6.45, 7) is 2.38. The van der Waals surface area contributed by atoms with Gasteiger partial charge in [-0.1, -0.05) is 0 Å². The van der Waals surface area contributed by atoms with Crippen LogP contribution >= 0.6 is 0 Å². The van der Waals surface area contributed by atoms with Crippen LogP contribution in [0.15, 0.2) is 30.7 Å². The van der Waals surface area contributed by atoms with Crippen LogP contribution in [0.25, 0.3) is 22.3 Å². The molecule has 1 fully saturated rings. The molecule has 1 aliphatic heterocycles. The summed E-state index contributed by atoms with van der Waals surface area (Å²) in [4.78, 5) is 22.4. The number of carboxylic acid groups (broad SMARTS) is 1. The molecule has 1 aliphatic rings. The first kappa shape index (κ1) is 13.6. The van der Waals surface area contributed by atoms with E-state index in [1.807, 2.05) is 12.3 Å². The summed E-state index contributed by atoms with van der Waals surface area (Å²) in [5.41, 5.74) is 3.83. The maximum atomic E-state index is 11.0. The minimum Gasteiger partial charge on any atom is -0.465 e. The van der Waals surface area contributed by atoms with Gasteiger partial charge in [-0.15, -0.1) is 0 Å². The first-order valence-electron chi connectivity index (χ1n) is 7.42. The number of hydrogen-bond donors (Lipinski definition) is 3. The van der Waals surface area contributed by atoms with E-state index in [1.165, 1.54) is 4.90 Å². The van der Waals surface area contributed by atoms with Gasteiger partial charge < -0.3 is 19.9 Å². The Bertz CT molecular complexity index is 833. The highest BCUT2D eigenvalue weighted by molar-refractivity contribution is 5.93. The number of rotatable bonds is 2. The van der Waals surface area contributed by atoms with Crippen LogP contribution in [0, 0.1) is 0 Å². The fourth-order valence-corrected chi connectivity index (χ4v) is 2.98. The van der Waals surface area contributed by atoms with E-state index in [2.05, 4.69) is 31.1 Å². The van der Waals surface area contributed by atoms with Crippen molar-refractivity contribution in [1.29, 1.82) is 0 Å². The summed E-state index contributed by atoms with van der Waals surface area (Å²) in [5.74, 6) is 0. The Balaban J connectivity index is 1.67. The molecule has 3 aromatic rings. The number of aromatic amines is 2. The second-order valence-corrected chi connectivity index (χ2v) is 5.52. The summed E-state index contributed by atoms with van der Waals surface area (Å²) < 4.78 is 0. The van der Waals surface area contributed by atoms with Crippen molar-refractivity contribution in [1.82, 2.24) is 25.1 Å². The summed E-state index contributed by atoms with van der Waals surface area (Å²) in [7, 11) is 0. The van der Waals surface area contributed by atoms with Gasteiger partial charge in [-0.05, 0) is 12.1 Å². The number of piperazine rings is 1. The Labute approximate surface area is 131 Å². The predicted molar refractivity (Wildman–Crippen MR) is 85.5 cm³/mol. The van der Waals surface area contributed by atoms with Crippen LogP contribution in [-0.4, -0.2) is 62.4 Å². The highest BCUT2D eigenvalue weighted by Crippen LogP contribution is 2.30. The zero-order chi connectivity index (χ0) is 15.8. The Morgan fingerprint density at radius 2 is 2.09 bits per heavy atom. The largest absolute Gasteiger partial charge is 0.465 e. The first-order valence-corrected chi connectivity index (χ1v) is 7.42. The Kier molecular flexibility index (Phi) is 3.14. The van der Waals surface area contributed by atoms with Crippen molar-refractivity contribution in [3.63, 3.8) is 0 Å². The molecule has 0 radical (unpaired) electrons. The van der Waals surface area contributed by atoms with E-state index in [4.69, 9.17) is 5.11 Å². The number of nitrogens with zero attached hydrogens (tertiary/aromatic N) is 4. The molecule has 1 amide bonds. The molecule has 0 saturated carbocycles. The van der Waals surface area contributed by atoms with Crippen LogP contribution in [0.3, 0.4) is 0 Å². The fourth-order valence-electron chi connectivity index (χ4n) is 2.98. The van der Waals surface area contributed by atoms with Crippen molar-refractivity contribution in [3.05, 3.63) is 30.7 Å². The highest BCUT2D eigenvalue weighted by Gasteiger charge is 2.22. The summed E-state index contributed by atoms with van der Waals surface area (Å²) in [5, 5.41) is 16.9. The second kappa shape index (κ2) is 5.31. The Hall–Kier alpha value is -3.03. The molecule has 1 saturated heterocycles. The number of nitrogens with one attached hydrogen (secondary N) is 2. The monoisotopic (exact) mass is 312 g/mol. The number of aromatic nitrogens is 4. The van der Waals surface area contributed by atoms with Gasteiger partial charge in [0.2, 0.25) is 0 Å². The smallest absolute Gasteiger partial charge is 0.407 e. The molecule has 23 heavy (non-hydrogen) atoms. The van der Waals surface area contributed by atoms with Crippen molar-refractivity contribution in [2.75, 3.05) is 31.1 Å². The molecule has 0 atom stereocenters. The molecule has 4 rings (SSSR count). The van der Waals surface area contributed by atoms with Crippen molar-refractivity contribution in [2.45, 2.75) is 0 Å². The van der Waals surface area contributed by atoms with E-state index < -0.39 is 6.09 Å². The highest BCUT2D eigenvalue weighted by atomic mass is 16.4. The molecule has 3 N–H and O–H groups in total. The van der Waals surface area contributed by atoms with Gasteiger partial charge in [-0.25, -0.2) is 9.78 Å². The van der Waals surface area contributed by atoms with Crippen LogP contribution in [-0.2, 0) is 0 Å². The molecule has 0 aromatic carbocycles. The van der Waals surface area contributed by atoms with Gasteiger partial charge in [0.15, 0.2) is 0 Å². The van der Waals surface area contributed by atoms with E-state index >= 15 is 0 Å². The third-order valence-electron chi connectivity index (χ3n) is 4.21. The number of anilines is 1. The topological polar surface area (TPSA) is 101 Å². The van der Waals surface area contributed by atoms with Gasteiger partial charge >= 0.3 is 6.09 Å². The number of pyridine rings is 1. The molecule has 4 heterocycles. The fraction of sp³-hybridized carbons (Fsp3) is 0.267. The maximum absolute atomic E-state index is 11.0. The minimum atomic E-state index is -0.853. The van der Waals surface area contributed by atoms with Crippen molar-refractivity contribution in [2.24, 2.45) is 0 Å². The molecule has 0 aliphatic carbocycles. The molecule has 8 heteroatoms. The standard InChI is InChI=1S/C15H16N6O2/c22-15(23)21-5-3-20(4-6-21)13-1-2-16-14-11(13)7-12(19-14)10-8-17-18-9-10/h1-2,7-9H,3-6H2,(H,16,19)(H,17,18)(H,22,23). The molecular formula is C15H16N6O2. The van der Waals surface area contributed by atoms with Gasteiger partial charge in [0.25, 0.3) is 0 Å². The summed E-state index contributed by atoms with van der Waals surface area (Å²) >= 11 is 0. The Morgan fingerprint density at radius 3 is 2.78 bits per heavy atom. The number of H-pyrrole nitrogens is 2. The molecule has 0 spiro atoms. The quantitative estimate of drug-likeness (QED) is 0.669. The first-order chi connectivity index (χ1) is 11.2. The molecule has 118 valence electrons. The van der Waals surface area contributed by atoms with Crippen molar-refractivity contribution >= 4 is 22.8 Å². The van der Waals surface area contributed by atoms with Crippen LogP contribution < -0.4 is 4.90 Å². The van der Waals surface area contributed by atoms with E-state index in [1.54, 1.807) is 12.4 Å².